The molecule has 1 aliphatic rings. The maximum atomic E-state index is 12.4. The molecule has 0 bridgehead atoms. The molecule has 0 unspecified atom stereocenters. The van der Waals surface area contributed by atoms with Crippen LogP contribution in [0.5, 0.6) is 11.5 Å². The first kappa shape index (κ1) is 17.2. The number of carbonyl (C=O) groups is 2. The van der Waals surface area contributed by atoms with Gasteiger partial charge in [0.05, 0.1) is 22.3 Å². The number of ketones is 1. The highest BCUT2D eigenvalue weighted by Crippen LogP contribution is 2.35. The predicted molar refractivity (Wildman–Crippen MR) is 96.1 cm³/mol. The first-order chi connectivity index (χ1) is 13.5. The summed E-state index contributed by atoms with van der Waals surface area (Å²) < 4.78 is 16.0. The summed E-state index contributed by atoms with van der Waals surface area (Å²) in [4.78, 5) is 34.7. The largest absolute Gasteiger partial charge is 0.465 e. The van der Waals surface area contributed by atoms with Crippen molar-refractivity contribution in [3.8, 4) is 11.5 Å². The van der Waals surface area contributed by atoms with Gasteiger partial charge in [0.15, 0.2) is 5.76 Å². The molecule has 3 aromatic rings. The predicted octanol–water partition coefficient (Wildman–Crippen LogP) is 4.02. The number of Topliss-reactive ketones (excluding diaryl/α,β-unsaturated/α-hetero) is 1. The summed E-state index contributed by atoms with van der Waals surface area (Å²) in [5, 5.41) is 10.7. The maximum absolute atomic E-state index is 12.4. The number of nitro groups is 1. The molecular weight excluding hydrogens is 366 g/mol. The Bertz CT molecular complexity index is 1110. The van der Waals surface area contributed by atoms with Gasteiger partial charge in [0, 0.05) is 24.3 Å². The number of allylic oxidation sites excluding steroid dienone is 1. The fourth-order valence-electron chi connectivity index (χ4n) is 2.62. The summed E-state index contributed by atoms with van der Waals surface area (Å²) in [5.74, 6) is 0.0147. The zero-order valence-corrected chi connectivity index (χ0v) is 14.2. The van der Waals surface area contributed by atoms with Crippen LogP contribution in [0.2, 0.25) is 0 Å². The molecule has 0 N–H and O–H groups in total. The molecule has 4 rings (SSSR count). The third kappa shape index (κ3) is 3.26. The van der Waals surface area contributed by atoms with Crippen LogP contribution in [-0.2, 0) is 0 Å². The maximum Gasteiger partial charge on any atom is 0.343 e. The monoisotopic (exact) mass is 377 g/mol. The van der Waals surface area contributed by atoms with E-state index in [2.05, 4.69) is 0 Å². The zero-order chi connectivity index (χ0) is 19.7. The van der Waals surface area contributed by atoms with Crippen LogP contribution < -0.4 is 9.47 Å². The van der Waals surface area contributed by atoms with Crippen LogP contribution in [0.1, 0.15) is 26.5 Å². The van der Waals surface area contributed by atoms with Crippen LogP contribution in [0.15, 0.2) is 71.0 Å². The van der Waals surface area contributed by atoms with Crippen LogP contribution in [-0.4, -0.2) is 16.7 Å². The van der Waals surface area contributed by atoms with Crippen LogP contribution in [0, 0.1) is 10.1 Å². The van der Waals surface area contributed by atoms with Gasteiger partial charge in [0.25, 0.3) is 5.69 Å². The van der Waals surface area contributed by atoms with Crippen LogP contribution in [0.4, 0.5) is 5.69 Å². The normalized spacial score (nSPS) is 13.9. The summed E-state index contributed by atoms with van der Waals surface area (Å²) in [6, 6.07) is 12.8. The molecule has 0 aliphatic carbocycles. The molecule has 8 nitrogen and oxygen atoms in total. The van der Waals surface area contributed by atoms with E-state index in [0.29, 0.717) is 11.3 Å². The number of nitro benzene ring substituents is 1. The molecule has 0 amide bonds. The van der Waals surface area contributed by atoms with E-state index >= 15 is 0 Å². The number of rotatable bonds is 4. The summed E-state index contributed by atoms with van der Waals surface area (Å²) in [7, 11) is 0. The Morgan fingerprint density at radius 3 is 2.57 bits per heavy atom. The number of hydrogen-bond acceptors (Lipinski definition) is 7. The fourth-order valence-corrected chi connectivity index (χ4v) is 2.62. The lowest BCUT2D eigenvalue weighted by Crippen LogP contribution is -2.08. The van der Waals surface area contributed by atoms with Crippen LogP contribution in [0.25, 0.3) is 6.08 Å². The van der Waals surface area contributed by atoms with Crippen LogP contribution in [0.3, 0.4) is 0 Å². The van der Waals surface area contributed by atoms with E-state index in [0.717, 1.165) is 0 Å². The highest BCUT2D eigenvalue weighted by Gasteiger charge is 2.28. The van der Waals surface area contributed by atoms with Crippen molar-refractivity contribution in [2.45, 2.75) is 0 Å². The van der Waals surface area contributed by atoms with Gasteiger partial charge < -0.3 is 13.9 Å². The van der Waals surface area contributed by atoms with E-state index in [4.69, 9.17) is 13.9 Å². The molecule has 0 saturated heterocycles. The van der Waals surface area contributed by atoms with Gasteiger partial charge in [0.1, 0.15) is 17.3 Å². The van der Waals surface area contributed by atoms with Gasteiger partial charge in [-0.1, -0.05) is 0 Å². The molecule has 0 spiro atoms. The summed E-state index contributed by atoms with van der Waals surface area (Å²) in [6.45, 7) is 0. The minimum Gasteiger partial charge on any atom is -0.465 e. The second kappa shape index (κ2) is 6.84. The quantitative estimate of drug-likeness (QED) is 0.222. The number of non-ortho nitro benzene ring substituents is 1. The Balaban J connectivity index is 1.52. The van der Waals surface area contributed by atoms with Crippen molar-refractivity contribution in [1.29, 1.82) is 0 Å². The van der Waals surface area contributed by atoms with E-state index in [9.17, 15) is 19.7 Å². The number of furan rings is 1. The molecule has 0 atom stereocenters. The lowest BCUT2D eigenvalue weighted by Gasteiger charge is -2.05. The molecule has 0 radical (unpaired) electrons. The summed E-state index contributed by atoms with van der Waals surface area (Å²) in [6.07, 6.45) is 2.96. The Hall–Kier alpha value is -4.20. The first-order valence-corrected chi connectivity index (χ1v) is 8.10. The Morgan fingerprint density at radius 2 is 1.89 bits per heavy atom. The summed E-state index contributed by atoms with van der Waals surface area (Å²) >= 11 is 0. The van der Waals surface area contributed by atoms with Crippen molar-refractivity contribution in [1.82, 2.24) is 0 Å². The lowest BCUT2D eigenvalue weighted by atomic mass is 10.1. The first-order valence-electron chi connectivity index (χ1n) is 8.10. The van der Waals surface area contributed by atoms with E-state index in [-0.39, 0.29) is 34.3 Å². The standard InChI is InChI=1S/C20H11NO7/c22-19-16-8-7-15(11-17(16)28-18(19)10-14-2-1-9-26-14)27-20(23)12-3-5-13(6-4-12)21(24)25/h1-11H/b18-10-. The number of fused-ring (bicyclic) bond motifs is 1. The highest BCUT2D eigenvalue weighted by molar-refractivity contribution is 6.14. The molecule has 138 valence electrons. The van der Waals surface area contributed by atoms with E-state index < -0.39 is 10.9 Å². The van der Waals surface area contributed by atoms with Crippen molar-refractivity contribution in [2.75, 3.05) is 0 Å². The average molecular weight is 377 g/mol. The minimum atomic E-state index is -0.689. The number of nitrogens with zero attached hydrogens (tertiary/aromatic N) is 1. The molecule has 8 heteroatoms. The Kier molecular flexibility index (Phi) is 4.21. The van der Waals surface area contributed by atoms with E-state index in [1.165, 1.54) is 54.8 Å². The van der Waals surface area contributed by atoms with Crippen molar-refractivity contribution < 1.29 is 28.4 Å². The number of benzene rings is 2. The minimum absolute atomic E-state index is 0.101. The van der Waals surface area contributed by atoms with Crippen LogP contribution >= 0.6 is 0 Å². The molecule has 1 aromatic heterocycles. The number of ether oxygens (including phenoxy) is 2. The van der Waals surface area contributed by atoms with E-state index in [1.807, 2.05) is 0 Å². The van der Waals surface area contributed by atoms with E-state index in [1.54, 1.807) is 12.1 Å². The van der Waals surface area contributed by atoms with Crippen molar-refractivity contribution in [3.63, 3.8) is 0 Å². The molecule has 0 saturated carbocycles. The third-order valence-corrected chi connectivity index (χ3v) is 3.98. The SMILES string of the molecule is O=C(Oc1ccc2c(c1)O/C(=C\c1ccco1)C2=O)c1ccc([N+](=O)[O-])cc1. The molecule has 28 heavy (non-hydrogen) atoms. The zero-order valence-electron chi connectivity index (χ0n) is 14.2. The van der Waals surface area contributed by atoms with Crippen molar-refractivity contribution in [3.05, 3.63) is 93.6 Å². The van der Waals surface area contributed by atoms with Gasteiger partial charge in [0.2, 0.25) is 5.78 Å². The Labute approximate surface area is 157 Å². The fraction of sp³-hybridized carbons (Fsp3) is 0. The molecule has 0 fully saturated rings. The van der Waals surface area contributed by atoms with Gasteiger partial charge in [-0.25, -0.2) is 4.79 Å². The number of esters is 1. The molecular formula is C20H11NO7. The second-order valence-corrected chi connectivity index (χ2v) is 5.81. The van der Waals surface area contributed by atoms with Crippen molar-refractivity contribution in [2.24, 2.45) is 0 Å². The highest BCUT2D eigenvalue weighted by atomic mass is 16.6. The molecule has 1 aliphatic heterocycles. The lowest BCUT2D eigenvalue weighted by molar-refractivity contribution is -0.384. The van der Waals surface area contributed by atoms with Gasteiger partial charge in [-0.3, -0.25) is 14.9 Å². The smallest absolute Gasteiger partial charge is 0.343 e. The molecule has 2 heterocycles. The van der Waals surface area contributed by atoms with Gasteiger partial charge in [-0.15, -0.1) is 0 Å². The van der Waals surface area contributed by atoms with Gasteiger partial charge >= 0.3 is 5.97 Å². The third-order valence-electron chi connectivity index (χ3n) is 3.98. The molecule has 2 aromatic carbocycles. The number of carbonyl (C=O) groups excluding carboxylic acids is 2. The average Bonchev–Trinajstić information content (AvgIpc) is 3.30. The van der Waals surface area contributed by atoms with Gasteiger partial charge in [-0.05, 0) is 36.4 Å². The van der Waals surface area contributed by atoms with Gasteiger partial charge in [-0.2, -0.15) is 0 Å². The number of hydrogen-bond donors (Lipinski definition) is 0. The van der Waals surface area contributed by atoms with Crippen molar-refractivity contribution >= 4 is 23.5 Å². The second-order valence-electron chi connectivity index (χ2n) is 5.81. The Morgan fingerprint density at radius 1 is 1.11 bits per heavy atom. The summed E-state index contributed by atoms with van der Waals surface area (Å²) in [5.41, 5.74) is 0.367. The topological polar surface area (TPSA) is 109 Å².